The zero-order valence-electron chi connectivity index (χ0n) is 17.9. The fraction of sp³-hybridized carbons (Fsp3) is 0.304. The van der Waals surface area contributed by atoms with Gasteiger partial charge in [0.1, 0.15) is 5.75 Å². The summed E-state index contributed by atoms with van der Waals surface area (Å²) in [7, 11) is 0. The largest absolute Gasteiger partial charge is 0.494 e. The molecule has 0 saturated carbocycles. The van der Waals surface area contributed by atoms with Crippen LogP contribution in [0.3, 0.4) is 0 Å². The van der Waals surface area contributed by atoms with Crippen LogP contribution in [-0.2, 0) is 10.5 Å². The van der Waals surface area contributed by atoms with Gasteiger partial charge in [0.25, 0.3) is 5.91 Å². The summed E-state index contributed by atoms with van der Waals surface area (Å²) in [5.41, 5.74) is 4.68. The summed E-state index contributed by atoms with van der Waals surface area (Å²) in [6.45, 7) is 2.90. The number of carbonyl (C=O) groups is 1. The van der Waals surface area contributed by atoms with E-state index in [0.29, 0.717) is 0 Å². The van der Waals surface area contributed by atoms with Crippen LogP contribution in [0.4, 0.5) is 0 Å². The molecule has 0 bridgehead atoms. The number of unbranched alkanes of at least 4 members (excludes halogenated alkanes) is 2. The Labute approximate surface area is 201 Å². The van der Waals surface area contributed by atoms with Crippen molar-refractivity contribution in [1.29, 1.82) is 0 Å². The van der Waals surface area contributed by atoms with Gasteiger partial charge in [-0.15, -0.1) is 10.2 Å². The van der Waals surface area contributed by atoms with Crippen LogP contribution in [-0.4, -0.2) is 34.7 Å². The molecule has 0 spiro atoms. The quantitative estimate of drug-likeness (QED) is 0.146. The molecule has 1 N–H and O–H groups in total. The zero-order chi connectivity index (χ0) is 22.4. The van der Waals surface area contributed by atoms with Crippen LogP contribution in [0.2, 0.25) is 0 Å². The molecule has 9 heteroatoms. The molecule has 1 heterocycles. The first-order valence-electron chi connectivity index (χ1n) is 10.4. The molecule has 3 rings (SSSR count). The Balaban J connectivity index is 1.34. The third kappa shape index (κ3) is 9.02. The summed E-state index contributed by atoms with van der Waals surface area (Å²) in [5, 5.41) is 12.4. The van der Waals surface area contributed by atoms with Gasteiger partial charge < -0.3 is 4.74 Å². The summed E-state index contributed by atoms with van der Waals surface area (Å²) in [6.07, 6.45) is 5.04. The predicted octanol–water partition coefficient (Wildman–Crippen LogP) is 5.64. The number of nitrogens with one attached hydrogen (secondary N) is 1. The van der Waals surface area contributed by atoms with E-state index in [-0.39, 0.29) is 11.7 Å². The molecule has 168 valence electrons. The number of carbonyl (C=O) groups excluding carboxylic acids is 1. The number of hydrogen-bond acceptors (Lipinski definition) is 8. The number of thioether (sulfide) groups is 2. The van der Waals surface area contributed by atoms with Crippen molar-refractivity contribution in [3.63, 3.8) is 0 Å². The maximum atomic E-state index is 12.0. The third-order valence-electron chi connectivity index (χ3n) is 4.22. The molecule has 3 aromatic rings. The van der Waals surface area contributed by atoms with E-state index in [0.717, 1.165) is 38.8 Å². The van der Waals surface area contributed by atoms with E-state index in [1.165, 1.54) is 41.5 Å². The molecular weight excluding hydrogens is 460 g/mol. The summed E-state index contributed by atoms with van der Waals surface area (Å²) < 4.78 is 7.36. The van der Waals surface area contributed by atoms with Crippen molar-refractivity contribution in [3.05, 3.63) is 65.7 Å². The van der Waals surface area contributed by atoms with Crippen LogP contribution in [0.25, 0.3) is 0 Å². The number of aromatic nitrogens is 2. The molecule has 0 saturated heterocycles. The number of ether oxygens (including phenoxy) is 1. The first kappa shape index (κ1) is 24.3. The van der Waals surface area contributed by atoms with Crippen molar-refractivity contribution in [2.24, 2.45) is 5.10 Å². The van der Waals surface area contributed by atoms with Crippen molar-refractivity contribution in [1.82, 2.24) is 15.6 Å². The molecule has 0 aliphatic heterocycles. The monoisotopic (exact) mass is 486 g/mol. The summed E-state index contributed by atoms with van der Waals surface area (Å²) in [6, 6.07) is 17.9. The molecule has 32 heavy (non-hydrogen) atoms. The lowest BCUT2D eigenvalue weighted by molar-refractivity contribution is -0.118. The van der Waals surface area contributed by atoms with Gasteiger partial charge in [-0.05, 0) is 41.8 Å². The molecule has 0 atom stereocenters. The average molecular weight is 487 g/mol. The lowest BCUT2D eigenvalue weighted by Crippen LogP contribution is -2.19. The fourth-order valence-electron chi connectivity index (χ4n) is 2.56. The fourth-order valence-corrected chi connectivity index (χ4v) is 5.33. The average Bonchev–Trinajstić information content (AvgIpc) is 3.29. The van der Waals surface area contributed by atoms with Gasteiger partial charge in [-0.3, -0.25) is 4.79 Å². The normalized spacial score (nSPS) is 11.0. The third-order valence-corrected chi connectivity index (χ3v) is 7.48. The van der Waals surface area contributed by atoms with Crippen LogP contribution < -0.4 is 10.2 Å². The number of hydrogen-bond donors (Lipinski definition) is 1. The molecule has 1 aromatic heterocycles. The van der Waals surface area contributed by atoms with Gasteiger partial charge in [0.15, 0.2) is 8.68 Å². The Morgan fingerprint density at radius 1 is 1.06 bits per heavy atom. The molecular formula is C23H26N4O2S3. The highest BCUT2D eigenvalue weighted by molar-refractivity contribution is 8.03. The lowest BCUT2D eigenvalue weighted by atomic mass is 10.2. The predicted molar refractivity (Wildman–Crippen MR) is 134 cm³/mol. The number of nitrogens with zero attached hydrogens (tertiary/aromatic N) is 3. The smallest absolute Gasteiger partial charge is 0.250 e. The number of rotatable bonds is 13. The summed E-state index contributed by atoms with van der Waals surface area (Å²) in [5.74, 6) is 1.74. The van der Waals surface area contributed by atoms with Gasteiger partial charge in [-0.25, -0.2) is 5.43 Å². The topological polar surface area (TPSA) is 76.5 Å². The van der Waals surface area contributed by atoms with Crippen LogP contribution in [0.15, 0.2) is 68.4 Å². The van der Waals surface area contributed by atoms with Crippen LogP contribution >= 0.6 is 34.9 Å². The van der Waals surface area contributed by atoms with E-state index in [2.05, 4.69) is 39.8 Å². The Hall–Kier alpha value is -2.36. The molecule has 0 aliphatic carbocycles. The number of hydrazone groups is 1. The molecule has 0 radical (unpaired) electrons. The van der Waals surface area contributed by atoms with Gasteiger partial charge in [0.2, 0.25) is 0 Å². The minimum atomic E-state index is -0.184. The van der Waals surface area contributed by atoms with E-state index in [1.54, 1.807) is 18.0 Å². The molecule has 0 unspecified atom stereocenters. The van der Waals surface area contributed by atoms with Gasteiger partial charge in [-0.2, -0.15) is 5.10 Å². The molecule has 0 fully saturated rings. The zero-order valence-corrected chi connectivity index (χ0v) is 20.3. The minimum absolute atomic E-state index is 0.184. The van der Waals surface area contributed by atoms with Gasteiger partial charge in [-0.1, -0.05) is 85.0 Å². The minimum Gasteiger partial charge on any atom is -0.494 e. The van der Waals surface area contributed by atoms with Crippen molar-refractivity contribution in [2.75, 3.05) is 12.4 Å². The van der Waals surface area contributed by atoms with Crippen LogP contribution in [0.1, 0.15) is 37.3 Å². The Bertz CT molecular complexity index is 978. The molecule has 6 nitrogen and oxygen atoms in total. The molecule has 2 aromatic carbocycles. The first-order valence-corrected chi connectivity index (χ1v) is 13.2. The Morgan fingerprint density at radius 2 is 1.81 bits per heavy atom. The van der Waals surface area contributed by atoms with E-state index in [4.69, 9.17) is 4.74 Å². The lowest BCUT2D eigenvalue weighted by Gasteiger charge is -2.05. The standard InChI is InChI=1S/C23H26N4O2S3/c1-2-3-7-14-29-20-12-10-18(11-13-20)15-24-25-21(28)17-31-23-27-26-22(32-23)30-16-19-8-5-4-6-9-19/h4-6,8-13,15H,2-3,7,14,16-17H2,1H3,(H,25,28)/b24-15+. The second kappa shape index (κ2) is 13.9. The number of benzene rings is 2. The van der Waals surface area contributed by atoms with Gasteiger partial charge in [0.05, 0.1) is 18.6 Å². The second-order valence-corrected chi connectivity index (χ2v) is 10.2. The Morgan fingerprint density at radius 3 is 2.56 bits per heavy atom. The van der Waals surface area contributed by atoms with Gasteiger partial charge in [0, 0.05) is 5.75 Å². The highest BCUT2D eigenvalue weighted by Gasteiger charge is 2.08. The first-order chi connectivity index (χ1) is 15.7. The van der Waals surface area contributed by atoms with Gasteiger partial charge >= 0.3 is 0 Å². The summed E-state index contributed by atoms with van der Waals surface area (Å²) in [4.78, 5) is 12.0. The number of amides is 1. The highest BCUT2D eigenvalue weighted by atomic mass is 32.2. The van der Waals surface area contributed by atoms with E-state index in [9.17, 15) is 4.79 Å². The maximum absolute atomic E-state index is 12.0. The second-order valence-electron chi connectivity index (χ2n) is 6.81. The van der Waals surface area contributed by atoms with Crippen molar-refractivity contribution in [3.8, 4) is 5.75 Å². The van der Waals surface area contributed by atoms with E-state index < -0.39 is 0 Å². The van der Waals surface area contributed by atoms with Crippen molar-refractivity contribution < 1.29 is 9.53 Å². The van der Waals surface area contributed by atoms with Crippen molar-refractivity contribution in [2.45, 2.75) is 40.6 Å². The van der Waals surface area contributed by atoms with Crippen molar-refractivity contribution >= 4 is 47.0 Å². The highest BCUT2D eigenvalue weighted by Crippen LogP contribution is 2.30. The maximum Gasteiger partial charge on any atom is 0.250 e. The van der Waals surface area contributed by atoms with E-state index >= 15 is 0 Å². The van der Waals surface area contributed by atoms with E-state index in [1.807, 2.05) is 42.5 Å². The SMILES string of the molecule is CCCCCOc1ccc(/C=N/NC(=O)CSc2nnc(SCc3ccccc3)s2)cc1. The van der Waals surface area contributed by atoms with Crippen LogP contribution in [0.5, 0.6) is 5.75 Å². The molecule has 1 amide bonds. The Kier molecular flexibility index (Phi) is 10.6. The van der Waals surface area contributed by atoms with Crippen LogP contribution in [0, 0.1) is 0 Å². The summed E-state index contributed by atoms with van der Waals surface area (Å²) >= 11 is 4.50. The molecule has 0 aliphatic rings.